The first kappa shape index (κ1) is 13.8. The Morgan fingerprint density at radius 1 is 1.52 bits per heavy atom. The molecule has 0 aliphatic carbocycles. The number of benzene rings is 1. The lowest BCUT2D eigenvalue weighted by Gasteiger charge is -2.25. The van der Waals surface area contributed by atoms with E-state index >= 15 is 0 Å². The normalized spacial score (nSPS) is 25.5. The summed E-state index contributed by atoms with van der Waals surface area (Å²) >= 11 is 6.15. The molecule has 6 heteroatoms. The highest BCUT2D eigenvalue weighted by molar-refractivity contribution is 6.32. The van der Waals surface area contributed by atoms with Crippen LogP contribution in [0, 0.1) is 18.3 Å². The fraction of sp³-hybridized carbons (Fsp3) is 0.333. The molecule has 0 saturated carbocycles. The minimum Gasteiger partial charge on any atom is -0.510 e. The molecule has 3 rings (SSSR count). The molecule has 108 valence electrons. The van der Waals surface area contributed by atoms with Crippen LogP contribution >= 0.6 is 11.6 Å². The number of rotatable bonds is 1. The van der Waals surface area contributed by atoms with Crippen molar-refractivity contribution >= 4 is 23.3 Å². The Morgan fingerprint density at radius 3 is 3.00 bits per heavy atom. The van der Waals surface area contributed by atoms with E-state index in [9.17, 15) is 5.11 Å². The summed E-state index contributed by atoms with van der Waals surface area (Å²) in [4.78, 5) is 6.41. The summed E-state index contributed by atoms with van der Waals surface area (Å²) in [7, 11) is 0. The largest absolute Gasteiger partial charge is 0.510 e. The molecule has 0 radical (unpaired) electrons. The second-order valence-corrected chi connectivity index (χ2v) is 5.72. The molecule has 1 N–H and O–H groups in total. The van der Waals surface area contributed by atoms with Gasteiger partial charge in [-0.3, -0.25) is 0 Å². The van der Waals surface area contributed by atoms with Gasteiger partial charge < -0.3 is 14.7 Å². The van der Waals surface area contributed by atoms with Crippen molar-refractivity contribution in [1.29, 1.82) is 5.26 Å². The van der Waals surface area contributed by atoms with Crippen LogP contribution in [0.2, 0.25) is 5.02 Å². The summed E-state index contributed by atoms with van der Waals surface area (Å²) in [6.45, 7) is 4.64. The maximum absolute atomic E-state index is 9.94. The van der Waals surface area contributed by atoms with E-state index in [1.54, 1.807) is 18.2 Å². The summed E-state index contributed by atoms with van der Waals surface area (Å²) in [5.41, 5.74) is 1.28. The van der Waals surface area contributed by atoms with Crippen LogP contribution in [0.1, 0.15) is 18.1 Å². The molecule has 0 bridgehead atoms. The maximum Gasteiger partial charge on any atom is 0.293 e. The zero-order valence-electron chi connectivity index (χ0n) is 11.7. The van der Waals surface area contributed by atoms with Crippen molar-refractivity contribution in [3.63, 3.8) is 0 Å². The maximum atomic E-state index is 9.94. The summed E-state index contributed by atoms with van der Waals surface area (Å²) < 4.78 is 5.62. The molecule has 1 saturated heterocycles. The Labute approximate surface area is 127 Å². The number of nitrogens with zero attached hydrogens (tertiary/aromatic N) is 3. The average Bonchev–Trinajstić information content (AvgIpc) is 2.94. The lowest BCUT2D eigenvalue weighted by Crippen LogP contribution is -2.42. The first-order chi connectivity index (χ1) is 9.97. The Bertz CT molecular complexity index is 720. The summed E-state index contributed by atoms with van der Waals surface area (Å²) in [5.74, 6) is 0.308. The van der Waals surface area contributed by atoms with Crippen molar-refractivity contribution in [2.24, 2.45) is 4.99 Å². The molecule has 1 aromatic rings. The van der Waals surface area contributed by atoms with E-state index in [0.29, 0.717) is 41.2 Å². The summed E-state index contributed by atoms with van der Waals surface area (Å²) in [5, 5.41) is 19.3. The van der Waals surface area contributed by atoms with E-state index in [4.69, 9.17) is 21.6 Å². The average molecular weight is 304 g/mol. The van der Waals surface area contributed by atoms with E-state index in [1.165, 1.54) is 0 Å². The van der Waals surface area contributed by atoms with Crippen molar-refractivity contribution in [2.75, 3.05) is 13.2 Å². The van der Waals surface area contributed by atoms with Gasteiger partial charge in [-0.2, -0.15) is 10.3 Å². The molecular weight excluding hydrogens is 290 g/mol. The van der Waals surface area contributed by atoms with Crippen LogP contribution in [-0.4, -0.2) is 34.7 Å². The highest BCUT2D eigenvalue weighted by Crippen LogP contribution is 2.36. The van der Waals surface area contributed by atoms with Crippen molar-refractivity contribution in [1.82, 2.24) is 4.90 Å². The molecule has 2 heterocycles. The molecule has 0 spiro atoms. The van der Waals surface area contributed by atoms with Gasteiger partial charge in [-0.25, -0.2) is 0 Å². The number of amidine groups is 1. The highest BCUT2D eigenvalue weighted by atomic mass is 35.5. The minimum atomic E-state index is -0.539. The molecule has 2 aliphatic heterocycles. The van der Waals surface area contributed by atoms with Crippen LogP contribution in [0.3, 0.4) is 0 Å². The molecule has 0 amide bonds. The van der Waals surface area contributed by atoms with Gasteiger partial charge in [0.15, 0.2) is 0 Å². The molecule has 0 unspecified atom stereocenters. The van der Waals surface area contributed by atoms with Crippen LogP contribution in [0.5, 0.6) is 0 Å². The van der Waals surface area contributed by atoms with Gasteiger partial charge in [-0.15, -0.1) is 0 Å². The second-order valence-electron chi connectivity index (χ2n) is 5.34. The van der Waals surface area contributed by atoms with Gasteiger partial charge in [-0.1, -0.05) is 11.6 Å². The third-order valence-corrected chi connectivity index (χ3v) is 4.51. The fourth-order valence-electron chi connectivity index (χ4n) is 2.54. The molecule has 1 fully saturated rings. The zero-order valence-corrected chi connectivity index (χ0v) is 12.5. The topological polar surface area (TPSA) is 68.8 Å². The fourth-order valence-corrected chi connectivity index (χ4v) is 2.74. The third-order valence-electron chi connectivity index (χ3n) is 4.02. The molecule has 5 nitrogen and oxygen atoms in total. The summed E-state index contributed by atoms with van der Waals surface area (Å²) in [6, 6.07) is 5.89. The Morgan fingerprint density at radius 2 is 2.29 bits per heavy atom. The molecule has 2 aliphatic rings. The molecule has 1 aromatic carbocycles. The first-order valence-electron chi connectivity index (χ1n) is 6.55. The van der Waals surface area contributed by atoms with Crippen LogP contribution in [0.25, 0.3) is 0 Å². The second kappa shape index (κ2) is 4.68. The minimum absolute atomic E-state index is 0.308. The van der Waals surface area contributed by atoms with Gasteiger partial charge >= 0.3 is 0 Å². The van der Waals surface area contributed by atoms with Crippen LogP contribution in [0.15, 0.2) is 29.0 Å². The first-order valence-corrected chi connectivity index (χ1v) is 6.93. The number of hydrogen-bond donors (Lipinski definition) is 1. The number of ether oxygens (including phenoxy) is 1. The predicted octanol–water partition coefficient (Wildman–Crippen LogP) is 3.05. The van der Waals surface area contributed by atoms with E-state index < -0.39 is 5.54 Å². The van der Waals surface area contributed by atoms with E-state index in [0.717, 1.165) is 5.56 Å². The lowest BCUT2D eigenvalue weighted by molar-refractivity contribution is 0.202. The number of nitriles is 1. The van der Waals surface area contributed by atoms with Gasteiger partial charge in [-0.05, 0) is 37.6 Å². The van der Waals surface area contributed by atoms with Gasteiger partial charge in [0, 0.05) is 6.54 Å². The van der Waals surface area contributed by atoms with Gasteiger partial charge in [0.1, 0.15) is 24.0 Å². The Balaban J connectivity index is 1.98. The Kier molecular flexibility index (Phi) is 3.07. The van der Waals surface area contributed by atoms with E-state index in [-0.39, 0.29) is 0 Å². The van der Waals surface area contributed by atoms with Crippen molar-refractivity contribution in [3.8, 4) is 6.07 Å². The van der Waals surface area contributed by atoms with Gasteiger partial charge in [0.2, 0.25) is 0 Å². The van der Waals surface area contributed by atoms with Crippen LogP contribution in [0.4, 0.5) is 5.69 Å². The smallest absolute Gasteiger partial charge is 0.293 e. The van der Waals surface area contributed by atoms with Crippen LogP contribution in [-0.2, 0) is 4.74 Å². The number of aliphatic hydroxyl groups excluding tert-OH is 1. The zero-order chi connectivity index (χ0) is 15.2. The molecule has 0 aromatic heterocycles. The van der Waals surface area contributed by atoms with Gasteiger partial charge in [0.05, 0.1) is 16.3 Å². The van der Waals surface area contributed by atoms with E-state index in [2.05, 4.69) is 4.99 Å². The lowest BCUT2D eigenvalue weighted by atomic mass is 10.0. The number of fused-ring (bicyclic) bond motifs is 1. The number of hydrogen-bond acceptors (Lipinski definition) is 4. The standard InChI is InChI=1S/C15H14ClN3O2/c1-9-11(4-3-10(7-17)13(9)16)18-14-19-6-5-12(20)15(19,2)8-21-14/h3-5,20H,6,8H2,1-2H3/t15-/m0/s1. The third kappa shape index (κ3) is 1.95. The number of aliphatic imine (C=N–C) groups is 1. The quantitative estimate of drug-likeness (QED) is 0.865. The molecule has 21 heavy (non-hydrogen) atoms. The molecule has 1 atom stereocenters. The number of aliphatic hydroxyl groups is 1. The van der Waals surface area contributed by atoms with Crippen molar-refractivity contribution < 1.29 is 9.84 Å². The SMILES string of the molecule is Cc1c(N=C2OC[C@@]3(C)C(O)=CCN23)ccc(C#N)c1Cl. The predicted molar refractivity (Wildman–Crippen MR) is 79.8 cm³/mol. The molecular formula is C15H14ClN3O2. The van der Waals surface area contributed by atoms with Gasteiger partial charge in [0.25, 0.3) is 6.02 Å². The summed E-state index contributed by atoms with van der Waals surface area (Å²) in [6.07, 6.45) is 1.76. The number of halogens is 1. The monoisotopic (exact) mass is 303 g/mol. The van der Waals surface area contributed by atoms with Crippen molar-refractivity contribution in [2.45, 2.75) is 19.4 Å². The van der Waals surface area contributed by atoms with Crippen molar-refractivity contribution in [3.05, 3.63) is 40.1 Å². The Hall–Kier alpha value is -2.19. The highest BCUT2D eigenvalue weighted by Gasteiger charge is 2.48. The van der Waals surface area contributed by atoms with Crippen LogP contribution < -0.4 is 0 Å². The van der Waals surface area contributed by atoms with E-state index in [1.807, 2.05) is 24.8 Å².